The lowest BCUT2D eigenvalue weighted by molar-refractivity contribution is -0.144. The molecule has 96 valence electrons. The summed E-state index contributed by atoms with van der Waals surface area (Å²) in [6, 6.07) is 5.11. The Hall–Kier alpha value is -1.56. The van der Waals surface area contributed by atoms with Crippen LogP contribution in [0.4, 0.5) is 13.2 Å². The van der Waals surface area contributed by atoms with E-state index in [0.29, 0.717) is 10.7 Å². The molecule has 0 bridgehead atoms. The third-order valence-corrected chi connectivity index (χ3v) is 2.72. The Morgan fingerprint density at radius 3 is 2.56 bits per heavy atom. The van der Waals surface area contributed by atoms with Gasteiger partial charge in [-0.2, -0.15) is 13.2 Å². The average Bonchev–Trinajstić information content (AvgIpc) is 2.77. The van der Waals surface area contributed by atoms with Gasteiger partial charge in [0.1, 0.15) is 6.33 Å². The standard InChI is InChI=1S/C11H9ClF3N3/c1-2-7-3-4-9(8(12)5-7)18-6-16-10(17-18)11(13,14)15/h3-6H,2H2,1H3. The molecule has 0 atom stereocenters. The van der Waals surface area contributed by atoms with E-state index in [0.717, 1.165) is 23.0 Å². The van der Waals surface area contributed by atoms with Crippen LogP contribution >= 0.6 is 11.6 Å². The molecule has 3 nitrogen and oxygen atoms in total. The van der Waals surface area contributed by atoms with Crippen LogP contribution in [0.3, 0.4) is 0 Å². The molecule has 0 radical (unpaired) electrons. The second kappa shape index (κ2) is 4.61. The van der Waals surface area contributed by atoms with Crippen molar-refractivity contribution in [3.63, 3.8) is 0 Å². The topological polar surface area (TPSA) is 30.7 Å². The summed E-state index contributed by atoms with van der Waals surface area (Å²) in [6.07, 6.45) is -2.76. The summed E-state index contributed by atoms with van der Waals surface area (Å²) in [6.45, 7) is 1.96. The highest BCUT2D eigenvalue weighted by Gasteiger charge is 2.35. The van der Waals surface area contributed by atoms with Gasteiger partial charge in [-0.3, -0.25) is 0 Å². The number of alkyl halides is 3. The summed E-state index contributed by atoms with van der Waals surface area (Å²) in [4.78, 5) is 3.22. The minimum atomic E-state index is -4.55. The molecule has 0 unspecified atom stereocenters. The molecule has 2 rings (SSSR count). The van der Waals surface area contributed by atoms with Crippen LogP contribution in [0.1, 0.15) is 18.3 Å². The van der Waals surface area contributed by atoms with Crippen LogP contribution in [-0.2, 0) is 12.6 Å². The Balaban J connectivity index is 2.40. The van der Waals surface area contributed by atoms with Gasteiger partial charge in [0.25, 0.3) is 5.82 Å². The van der Waals surface area contributed by atoms with Gasteiger partial charge in [0.2, 0.25) is 0 Å². The minimum absolute atomic E-state index is 0.341. The molecule has 0 spiro atoms. The summed E-state index contributed by atoms with van der Waals surface area (Å²) < 4.78 is 38.1. The Morgan fingerprint density at radius 1 is 1.33 bits per heavy atom. The van der Waals surface area contributed by atoms with Crippen molar-refractivity contribution in [2.45, 2.75) is 19.5 Å². The monoisotopic (exact) mass is 275 g/mol. The van der Waals surface area contributed by atoms with Crippen molar-refractivity contribution in [3.05, 3.63) is 40.9 Å². The first-order valence-electron chi connectivity index (χ1n) is 5.19. The zero-order chi connectivity index (χ0) is 13.3. The van der Waals surface area contributed by atoms with Crippen LogP contribution in [0.25, 0.3) is 5.69 Å². The van der Waals surface area contributed by atoms with E-state index in [9.17, 15) is 13.2 Å². The molecular formula is C11H9ClF3N3. The maximum absolute atomic E-state index is 12.4. The van der Waals surface area contributed by atoms with Crippen molar-refractivity contribution in [3.8, 4) is 5.69 Å². The van der Waals surface area contributed by atoms with Gasteiger partial charge in [0.05, 0.1) is 10.7 Å². The maximum Gasteiger partial charge on any atom is 0.453 e. The quantitative estimate of drug-likeness (QED) is 0.840. The number of aryl methyl sites for hydroxylation is 1. The van der Waals surface area contributed by atoms with E-state index in [1.165, 1.54) is 0 Å². The Labute approximate surface area is 106 Å². The summed E-state index contributed by atoms with van der Waals surface area (Å²) in [7, 11) is 0. The molecule has 1 heterocycles. The van der Waals surface area contributed by atoms with E-state index in [-0.39, 0.29) is 0 Å². The summed E-state index contributed by atoms with van der Waals surface area (Å²) >= 11 is 6.00. The molecule has 0 saturated heterocycles. The van der Waals surface area contributed by atoms with Crippen LogP contribution in [0, 0.1) is 0 Å². The lowest BCUT2D eigenvalue weighted by Gasteiger charge is -2.05. The first-order valence-corrected chi connectivity index (χ1v) is 5.57. The van der Waals surface area contributed by atoms with Crippen LogP contribution in [0.5, 0.6) is 0 Å². The van der Waals surface area contributed by atoms with Crippen LogP contribution < -0.4 is 0 Å². The smallest absolute Gasteiger partial charge is 0.219 e. The number of hydrogen-bond acceptors (Lipinski definition) is 2. The van der Waals surface area contributed by atoms with E-state index >= 15 is 0 Å². The van der Waals surface area contributed by atoms with Gasteiger partial charge in [0, 0.05) is 0 Å². The molecule has 0 aliphatic carbocycles. The van der Waals surface area contributed by atoms with Crippen molar-refractivity contribution in [1.82, 2.24) is 14.8 Å². The zero-order valence-electron chi connectivity index (χ0n) is 9.37. The first kappa shape index (κ1) is 12.9. The molecule has 0 aliphatic heterocycles. The van der Waals surface area contributed by atoms with Crippen molar-refractivity contribution in [2.24, 2.45) is 0 Å². The fraction of sp³-hybridized carbons (Fsp3) is 0.273. The first-order chi connectivity index (χ1) is 8.41. The van der Waals surface area contributed by atoms with Crippen LogP contribution in [0.2, 0.25) is 5.02 Å². The largest absolute Gasteiger partial charge is 0.453 e. The number of hydrogen-bond donors (Lipinski definition) is 0. The number of nitrogens with zero attached hydrogens (tertiary/aromatic N) is 3. The zero-order valence-corrected chi connectivity index (χ0v) is 10.1. The molecule has 2 aromatic rings. The predicted molar refractivity (Wildman–Crippen MR) is 60.7 cm³/mol. The van der Waals surface area contributed by atoms with Gasteiger partial charge in [0.15, 0.2) is 0 Å². The summed E-state index contributed by atoms with van der Waals surface area (Å²) in [5, 5.41) is 3.70. The predicted octanol–water partition coefficient (Wildman–Crippen LogP) is 3.50. The summed E-state index contributed by atoms with van der Waals surface area (Å²) in [5.41, 5.74) is 1.37. The van der Waals surface area contributed by atoms with E-state index in [4.69, 9.17) is 11.6 Å². The van der Waals surface area contributed by atoms with E-state index in [1.54, 1.807) is 18.2 Å². The summed E-state index contributed by atoms with van der Waals surface area (Å²) in [5.74, 6) is -1.18. The molecule has 0 amide bonds. The fourth-order valence-corrected chi connectivity index (χ4v) is 1.75. The minimum Gasteiger partial charge on any atom is -0.219 e. The molecular weight excluding hydrogens is 267 g/mol. The Bertz CT molecular complexity index is 563. The van der Waals surface area contributed by atoms with Gasteiger partial charge in [-0.1, -0.05) is 24.6 Å². The molecule has 1 aromatic heterocycles. The fourth-order valence-electron chi connectivity index (χ4n) is 1.47. The number of benzene rings is 1. The molecule has 1 aromatic carbocycles. The molecule has 18 heavy (non-hydrogen) atoms. The highest BCUT2D eigenvalue weighted by molar-refractivity contribution is 6.32. The van der Waals surface area contributed by atoms with E-state index < -0.39 is 12.0 Å². The van der Waals surface area contributed by atoms with Crippen LogP contribution in [0.15, 0.2) is 24.5 Å². The van der Waals surface area contributed by atoms with Crippen LogP contribution in [-0.4, -0.2) is 14.8 Å². The Kier molecular flexibility index (Phi) is 3.30. The highest BCUT2D eigenvalue weighted by Crippen LogP contribution is 2.27. The van der Waals surface area contributed by atoms with Crippen molar-refractivity contribution >= 4 is 11.6 Å². The van der Waals surface area contributed by atoms with Crippen molar-refractivity contribution < 1.29 is 13.2 Å². The lowest BCUT2D eigenvalue weighted by Crippen LogP contribution is -2.08. The lowest BCUT2D eigenvalue weighted by atomic mass is 10.1. The number of rotatable bonds is 2. The van der Waals surface area contributed by atoms with Gasteiger partial charge in [-0.05, 0) is 24.1 Å². The second-order valence-corrected chi connectivity index (χ2v) is 4.06. The molecule has 0 N–H and O–H groups in total. The maximum atomic E-state index is 12.4. The highest BCUT2D eigenvalue weighted by atomic mass is 35.5. The normalized spacial score (nSPS) is 11.8. The third kappa shape index (κ3) is 2.48. The number of halogens is 4. The molecule has 0 fully saturated rings. The average molecular weight is 276 g/mol. The van der Waals surface area contributed by atoms with Gasteiger partial charge < -0.3 is 0 Å². The van der Waals surface area contributed by atoms with Crippen molar-refractivity contribution in [1.29, 1.82) is 0 Å². The van der Waals surface area contributed by atoms with E-state index in [1.807, 2.05) is 6.92 Å². The molecule has 7 heteroatoms. The number of aromatic nitrogens is 3. The van der Waals surface area contributed by atoms with Gasteiger partial charge >= 0.3 is 6.18 Å². The SMILES string of the molecule is CCc1ccc(-n2cnc(C(F)(F)F)n2)c(Cl)c1. The van der Waals surface area contributed by atoms with Crippen molar-refractivity contribution in [2.75, 3.05) is 0 Å². The Morgan fingerprint density at radius 2 is 2.06 bits per heavy atom. The van der Waals surface area contributed by atoms with E-state index in [2.05, 4.69) is 10.1 Å². The molecule has 0 aliphatic rings. The van der Waals surface area contributed by atoms with Gasteiger partial charge in [-0.25, -0.2) is 9.67 Å². The molecule has 0 saturated carbocycles. The third-order valence-electron chi connectivity index (χ3n) is 2.41. The van der Waals surface area contributed by atoms with Gasteiger partial charge in [-0.15, -0.1) is 5.10 Å². The second-order valence-electron chi connectivity index (χ2n) is 3.65.